The third kappa shape index (κ3) is 2.72. The van der Waals surface area contributed by atoms with Gasteiger partial charge < -0.3 is 4.74 Å². The molecule has 1 aliphatic rings. The maximum absolute atomic E-state index is 11.8. The number of hydrogen-bond acceptors (Lipinski definition) is 5. The summed E-state index contributed by atoms with van der Waals surface area (Å²) in [6.45, 7) is 2.16. The van der Waals surface area contributed by atoms with Crippen LogP contribution in [0.25, 0.3) is 0 Å². The minimum absolute atomic E-state index is 0.294. The summed E-state index contributed by atoms with van der Waals surface area (Å²) < 4.78 is 5.03. The van der Waals surface area contributed by atoms with Gasteiger partial charge in [-0.25, -0.2) is 4.79 Å². The zero-order valence-corrected chi connectivity index (χ0v) is 11.2. The van der Waals surface area contributed by atoms with Gasteiger partial charge in [0.1, 0.15) is 4.88 Å². The number of thiophene rings is 1. The van der Waals surface area contributed by atoms with E-state index in [0.717, 1.165) is 29.8 Å². The Morgan fingerprint density at radius 2 is 2.47 bits per heavy atom. The molecule has 1 aromatic heterocycles. The molecule has 2 heterocycles. The van der Waals surface area contributed by atoms with E-state index in [1.165, 1.54) is 11.3 Å². The quantitative estimate of drug-likeness (QED) is 0.623. The summed E-state index contributed by atoms with van der Waals surface area (Å²) in [7, 11) is 0. The number of carbonyl (C=O) groups excluding carboxylic acids is 2. The van der Waals surface area contributed by atoms with Crippen molar-refractivity contribution >= 4 is 35.4 Å². The van der Waals surface area contributed by atoms with E-state index in [9.17, 15) is 9.59 Å². The van der Waals surface area contributed by atoms with E-state index in [0.29, 0.717) is 22.3 Å². The maximum atomic E-state index is 11.8. The van der Waals surface area contributed by atoms with Gasteiger partial charge in [-0.1, -0.05) is 0 Å². The molecule has 1 fully saturated rings. The van der Waals surface area contributed by atoms with E-state index < -0.39 is 0 Å². The van der Waals surface area contributed by atoms with Crippen LogP contribution in [0, 0.1) is 0 Å². The van der Waals surface area contributed by atoms with E-state index in [1.807, 2.05) is 17.8 Å². The van der Waals surface area contributed by atoms with Crippen molar-refractivity contribution in [3.63, 3.8) is 0 Å². The van der Waals surface area contributed by atoms with Gasteiger partial charge in [-0.15, -0.1) is 11.3 Å². The Labute approximate surface area is 109 Å². The van der Waals surface area contributed by atoms with E-state index in [1.54, 1.807) is 6.92 Å². The first-order chi connectivity index (χ1) is 8.26. The molecule has 0 spiro atoms. The molecule has 2 rings (SSSR count). The molecular weight excluding hydrogens is 256 g/mol. The molecule has 3 nitrogen and oxygen atoms in total. The van der Waals surface area contributed by atoms with Gasteiger partial charge in [-0.05, 0) is 36.6 Å². The molecule has 0 saturated carbocycles. The summed E-state index contributed by atoms with van der Waals surface area (Å²) >= 11 is 3.13. The molecule has 17 heavy (non-hydrogen) atoms. The monoisotopic (exact) mass is 270 g/mol. The van der Waals surface area contributed by atoms with Crippen LogP contribution in [0.5, 0.6) is 0 Å². The lowest BCUT2D eigenvalue weighted by atomic mass is 9.99. The van der Waals surface area contributed by atoms with E-state index in [4.69, 9.17) is 4.74 Å². The van der Waals surface area contributed by atoms with Crippen LogP contribution < -0.4 is 0 Å². The Kier molecular flexibility index (Phi) is 4.23. The second kappa shape index (κ2) is 5.69. The molecule has 1 unspecified atom stereocenters. The smallest absolute Gasteiger partial charge is 0.348 e. The van der Waals surface area contributed by atoms with Crippen molar-refractivity contribution in [1.29, 1.82) is 0 Å². The Bertz CT molecular complexity index is 419. The van der Waals surface area contributed by atoms with E-state index in [-0.39, 0.29) is 5.97 Å². The summed E-state index contributed by atoms with van der Waals surface area (Å²) in [6.07, 6.45) is 1.88. The van der Waals surface area contributed by atoms with Crippen molar-refractivity contribution in [2.24, 2.45) is 0 Å². The highest BCUT2D eigenvalue weighted by Crippen LogP contribution is 2.37. The van der Waals surface area contributed by atoms with Gasteiger partial charge in [0.25, 0.3) is 0 Å². The van der Waals surface area contributed by atoms with E-state index in [2.05, 4.69) is 0 Å². The molecular formula is C12H14O3S2. The summed E-state index contributed by atoms with van der Waals surface area (Å²) in [5.41, 5.74) is 1.00. The second-order valence-corrected chi connectivity index (χ2v) is 6.07. The highest BCUT2D eigenvalue weighted by atomic mass is 32.2. The van der Waals surface area contributed by atoms with Crippen molar-refractivity contribution in [2.75, 3.05) is 18.1 Å². The number of aldehydes is 1. The molecule has 5 heteroatoms. The SMILES string of the molecule is CCOC(=O)c1sc(C=O)cc1C1CCSC1. The fourth-order valence-electron chi connectivity index (χ4n) is 1.92. The Balaban J connectivity index is 2.31. The molecule has 0 bridgehead atoms. The molecule has 1 atom stereocenters. The molecule has 1 aromatic rings. The first-order valence-corrected chi connectivity index (χ1v) is 7.57. The van der Waals surface area contributed by atoms with Gasteiger partial charge in [0.2, 0.25) is 0 Å². The van der Waals surface area contributed by atoms with Crippen molar-refractivity contribution in [3.8, 4) is 0 Å². The van der Waals surface area contributed by atoms with Crippen LogP contribution in [-0.2, 0) is 4.74 Å². The molecule has 1 saturated heterocycles. The summed E-state index contributed by atoms with van der Waals surface area (Å²) in [4.78, 5) is 23.9. The predicted octanol–water partition coefficient (Wildman–Crippen LogP) is 2.96. The predicted molar refractivity (Wildman–Crippen MR) is 70.3 cm³/mol. The van der Waals surface area contributed by atoms with Crippen LogP contribution in [-0.4, -0.2) is 30.4 Å². The van der Waals surface area contributed by atoms with Crippen LogP contribution >= 0.6 is 23.1 Å². The largest absolute Gasteiger partial charge is 0.462 e. The van der Waals surface area contributed by atoms with Crippen LogP contribution in [0.3, 0.4) is 0 Å². The molecule has 0 amide bonds. The van der Waals surface area contributed by atoms with Gasteiger partial charge in [0, 0.05) is 5.75 Å². The Morgan fingerprint density at radius 1 is 1.65 bits per heavy atom. The Morgan fingerprint density at radius 3 is 3.06 bits per heavy atom. The fraction of sp³-hybridized carbons (Fsp3) is 0.500. The van der Waals surface area contributed by atoms with E-state index >= 15 is 0 Å². The van der Waals surface area contributed by atoms with Crippen molar-refractivity contribution in [1.82, 2.24) is 0 Å². The normalized spacial score (nSPS) is 19.2. The molecule has 0 aromatic carbocycles. The standard InChI is InChI=1S/C12H14O3S2/c1-2-15-12(14)11-10(5-9(6-13)17-11)8-3-4-16-7-8/h5-6,8H,2-4,7H2,1H3. The van der Waals surface area contributed by atoms with Crippen molar-refractivity contribution in [3.05, 3.63) is 21.4 Å². The number of hydrogen-bond donors (Lipinski definition) is 0. The first-order valence-electron chi connectivity index (χ1n) is 5.60. The third-order valence-corrected chi connectivity index (χ3v) is 4.95. The van der Waals surface area contributed by atoms with Crippen LogP contribution in [0.15, 0.2) is 6.07 Å². The summed E-state index contributed by atoms with van der Waals surface area (Å²) in [6, 6.07) is 1.85. The molecule has 0 radical (unpaired) electrons. The zero-order chi connectivity index (χ0) is 12.3. The maximum Gasteiger partial charge on any atom is 0.348 e. The van der Waals surface area contributed by atoms with Crippen molar-refractivity contribution in [2.45, 2.75) is 19.3 Å². The minimum atomic E-state index is -0.294. The van der Waals surface area contributed by atoms with Crippen molar-refractivity contribution < 1.29 is 14.3 Å². The molecule has 0 N–H and O–H groups in total. The van der Waals surface area contributed by atoms with Gasteiger partial charge in [0.15, 0.2) is 6.29 Å². The lowest BCUT2D eigenvalue weighted by molar-refractivity contribution is 0.0530. The Hall–Kier alpha value is -0.810. The first kappa shape index (κ1) is 12.6. The van der Waals surface area contributed by atoms with Gasteiger partial charge in [-0.2, -0.15) is 11.8 Å². The molecule has 92 valence electrons. The number of esters is 1. The minimum Gasteiger partial charge on any atom is -0.462 e. The summed E-state index contributed by atoms with van der Waals surface area (Å²) in [5, 5.41) is 0. The number of thioether (sulfide) groups is 1. The highest BCUT2D eigenvalue weighted by Gasteiger charge is 2.26. The number of carbonyl (C=O) groups is 2. The summed E-state index contributed by atoms with van der Waals surface area (Å²) in [5.74, 6) is 2.25. The lowest BCUT2D eigenvalue weighted by Crippen LogP contribution is -2.07. The molecule has 0 aliphatic carbocycles. The third-order valence-electron chi connectivity index (χ3n) is 2.73. The molecule has 1 aliphatic heterocycles. The van der Waals surface area contributed by atoms with Crippen LogP contribution in [0.1, 0.15) is 44.2 Å². The highest BCUT2D eigenvalue weighted by molar-refractivity contribution is 7.99. The fourth-order valence-corrected chi connectivity index (χ4v) is 4.13. The van der Waals surface area contributed by atoms with Crippen LogP contribution in [0.2, 0.25) is 0 Å². The average Bonchev–Trinajstić information content (AvgIpc) is 2.98. The lowest BCUT2D eigenvalue weighted by Gasteiger charge is -2.08. The second-order valence-electron chi connectivity index (χ2n) is 3.83. The number of ether oxygens (including phenoxy) is 1. The van der Waals surface area contributed by atoms with Crippen LogP contribution in [0.4, 0.5) is 0 Å². The average molecular weight is 270 g/mol. The number of rotatable bonds is 4. The zero-order valence-electron chi connectivity index (χ0n) is 9.60. The topological polar surface area (TPSA) is 43.4 Å². The van der Waals surface area contributed by atoms with Gasteiger partial charge >= 0.3 is 5.97 Å². The van der Waals surface area contributed by atoms with Gasteiger partial charge in [-0.3, -0.25) is 4.79 Å². The van der Waals surface area contributed by atoms with Gasteiger partial charge in [0.05, 0.1) is 11.5 Å².